The van der Waals surface area contributed by atoms with E-state index in [1.165, 1.54) is 31.5 Å². The third-order valence-corrected chi connectivity index (χ3v) is 5.61. The zero-order valence-electron chi connectivity index (χ0n) is 17.6. The third kappa shape index (κ3) is 5.14. The number of methoxy groups -OCH3 is 1. The fourth-order valence-electron chi connectivity index (χ4n) is 3.92. The first-order valence-corrected chi connectivity index (χ1v) is 10.6. The van der Waals surface area contributed by atoms with Gasteiger partial charge in [-0.25, -0.2) is 0 Å². The molecule has 1 aliphatic rings. The van der Waals surface area contributed by atoms with Crippen LogP contribution in [-0.4, -0.2) is 25.1 Å². The Kier molecular flexibility index (Phi) is 6.55. The summed E-state index contributed by atoms with van der Waals surface area (Å²) in [6.45, 7) is 3.82. The first kappa shape index (κ1) is 20.3. The predicted octanol–water partition coefficient (Wildman–Crippen LogP) is 4.84. The zero-order chi connectivity index (χ0) is 20.8. The van der Waals surface area contributed by atoms with Crippen LogP contribution in [-0.2, 0) is 19.6 Å². The Balaban J connectivity index is 1.41. The fourth-order valence-corrected chi connectivity index (χ4v) is 3.92. The van der Waals surface area contributed by atoms with Crippen molar-refractivity contribution in [3.63, 3.8) is 0 Å². The van der Waals surface area contributed by atoms with Crippen molar-refractivity contribution < 1.29 is 9.47 Å². The highest BCUT2D eigenvalue weighted by molar-refractivity contribution is 5.53. The second-order valence-electron chi connectivity index (χ2n) is 7.85. The largest absolute Gasteiger partial charge is 0.496 e. The van der Waals surface area contributed by atoms with Gasteiger partial charge in [0.05, 0.1) is 7.11 Å². The fraction of sp³-hybridized carbons (Fsp3) is 0.308. The summed E-state index contributed by atoms with van der Waals surface area (Å²) in [4.78, 5) is 2.48. The molecule has 4 nitrogen and oxygen atoms in total. The molecule has 0 saturated carbocycles. The highest BCUT2D eigenvalue weighted by Gasteiger charge is 2.15. The van der Waals surface area contributed by atoms with Crippen LogP contribution in [0, 0.1) is 6.07 Å². The van der Waals surface area contributed by atoms with Crippen molar-refractivity contribution in [1.29, 1.82) is 0 Å². The SMILES string of the molecule is COc1cc(Cc2[c]cc(OCc3ccccc3)cc2N)ccc1CN1CCCC1. The Bertz CT molecular complexity index is 966. The first-order valence-electron chi connectivity index (χ1n) is 10.6. The highest BCUT2D eigenvalue weighted by atomic mass is 16.5. The lowest BCUT2D eigenvalue weighted by Gasteiger charge is -2.18. The molecule has 0 aromatic heterocycles. The maximum absolute atomic E-state index is 6.30. The normalized spacial score (nSPS) is 14.0. The van der Waals surface area contributed by atoms with E-state index in [0.29, 0.717) is 18.7 Å². The summed E-state index contributed by atoms with van der Waals surface area (Å²) < 4.78 is 11.5. The van der Waals surface area contributed by atoms with E-state index in [1.54, 1.807) is 7.11 Å². The highest BCUT2D eigenvalue weighted by Crippen LogP contribution is 2.27. The van der Waals surface area contributed by atoms with Crippen molar-refractivity contribution >= 4 is 5.69 Å². The van der Waals surface area contributed by atoms with Gasteiger partial charge in [0.15, 0.2) is 0 Å². The van der Waals surface area contributed by atoms with Gasteiger partial charge >= 0.3 is 0 Å². The molecule has 155 valence electrons. The molecule has 1 saturated heterocycles. The summed E-state index contributed by atoms with van der Waals surface area (Å²) in [6.07, 6.45) is 3.30. The lowest BCUT2D eigenvalue weighted by atomic mass is 10.0. The lowest BCUT2D eigenvalue weighted by Crippen LogP contribution is -2.18. The number of anilines is 1. The predicted molar refractivity (Wildman–Crippen MR) is 121 cm³/mol. The maximum Gasteiger partial charge on any atom is 0.123 e. The Hall–Kier alpha value is -2.98. The molecule has 3 aromatic rings. The molecule has 1 aliphatic heterocycles. The average Bonchev–Trinajstić information content (AvgIpc) is 3.29. The molecule has 0 unspecified atom stereocenters. The molecular formula is C26H29N2O2. The van der Waals surface area contributed by atoms with Crippen LogP contribution in [0.5, 0.6) is 11.5 Å². The van der Waals surface area contributed by atoms with E-state index in [9.17, 15) is 0 Å². The van der Waals surface area contributed by atoms with Gasteiger partial charge < -0.3 is 15.2 Å². The van der Waals surface area contributed by atoms with Crippen molar-refractivity contribution in [1.82, 2.24) is 4.90 Å². The van der Waals surface area contributed by atoms with Crippen LogP contribution in [0.1, 0.15) is 35.1 Å². The van der Waals surface area contributed by atoms with Crippen LogP contribution in [0.2, 0.25) is 0 Å². The summed E-state index contributed by atoms with van der Waals surface area (Å²) in [5.41, 5.74) is 11.5. The van der Waals surface area contributed by atoms with E-state index in [0.717, 1.165) is 34.7 Å². The minimum absolute atomic E-state index is 0.517. The van der Waals surface area contributed by atoms with Crippen LogP contribution in [0.3, 0.4) is 0 Å². The summed E-state index contributed by atoms with van der Waals surface area (Å²) >= 11 is 0. The van der Waals surface area contributed by atoms with Gasteiger partial charge in [-0.1, -0.05) is 42.5 Å². The number of hydrogen-bond acceptors (Lipinski definition) is 4. The summed E-state index contributed by atoms with van der Waals surface area (Å²) in [5.74, 6) is 1.68. The molecule has 0 amide bonds. The van der Waals surface area contributed by atoms with Crippen LogP contribution in [0.15, 0.2) is 60.7 Å². The third-order valence-electron chi connectivity index (χ3n) is 5.61. The van der Waals surface area contributed by atoms with E-state index in [1.807, 2.05) is 42.5 Å². The van der Waals surface area contributed by atoms with E-state index >= 15 is 0 Å². The second-order valence-corrected chi connectivity index (χ2v) is 7.85. The van der Waals surface area contributed by atoms with Gasteiger partial charge in [0.25, 0.3) is 0 Å². The summed E-state index contributed by atoms with van der Waals surface area (Å²) in [5, 5.41) is 0. The quantitative estimate of drug-likeness (QED) is 0.549. The molecule has 0 bridgehead atoms. The van der Waals surface area contributed by atoms with Crippen molar-refractivity contribution in [2.75, 3.05) is 25.9 Å². The maximum atomic E-state index is 6.30. The minimum Gasteiger partial charge on any atom is -0.496 e. The minimum atomic E-state index is 0.517. The molecule has 2 N–H and O–H groups in total. The average molecular weight is 402 g/mol. The zero-order valence-corrected chi connectivity index (χ0v) is 17.6. The number of likely N-dealkylation sites (tertiary alicyclic amines) is 1. The summed E-state index contributed by atoms with van der Waals surface area (Å²) in [6, 6.07) is 23.6. The van der Waals surface area contributed by atoms with Gasteiger partial charge in [-0.3, -0.25) is 4.90 Å². The van der Waals surface area contributed by atoms with Crippen molar-refractivity contribution in [2.24, 2.45) is 0 Å². The van der Waals surface area contributed by atoms with Gasteiger partial charge in [0, 0.05) is 30.3 Å². The second kappa shape index (κ2) is 9.68. The number of rotatable bonds is 8. The van der Waals surface area contributed by atoms with E-state index in [2.05, 4.69) is 29.2 Å². The van der Waals surface area contributed by atoms with Gasteiger partial charge in [0.2, 0.25) is 0 Å². The van der Waals surface area contributed by atoms with Gasteiger partial charge in [0.1, 0.15) is 18.1 Å². The molecule has 0 spiro atoms. The molecule has 1 fully saturated rings. The monoisotopic (exact) mass is 401 g/mol. The number of nitrogen functional groups attached to an aromatic ring is 1. The molecule has 30 heavy (non-hydrogen) atoms. The first-order chi connectivity index (χ1) is 14.7. The van der Waals surface area contributed by atoms with Crippen LogP contribution in [0.4, 0.5) is 5.69 Å². The topological polar surface area (TPSA) is 47.7 Å². The standard InChI is InChI=1S/C26H29N2O2/c1-29-26-16-21(9-10-23(26)18-28-13-5-6-14-28)15-22-11-12-24(17-25(22)27)30-19-20-7-3-2-4-8-20/h2-4,7-10,12,16-17H,5-6,13-15,18-19,27H2,1H3. The smallest absolute Gasteiger partial charge is 0.123 e. The van der Waals surface area contributed by atoms with E-state index in [4.69, 9.17) is 15.2 Å². The van der Waals surface area contributed by atoms with E-state index < -0.39 is 0 Å². The van der Waals surface area contributed by atoms with Crippen LogP contribution >= 0.6 is 0 Å². The Labute approximate surface area is 179 Å². The molecule has 1 radical (unpaired) electrons. The number of ether oxygens (including phenoxy) is 2. The lowest BCUT2D eigenvalue weighted by molar-refractivity contribution is 0.306. The Morgan fingerprint density at radius 3 is 2.53 bits per heavy atom. The van der Waals surface area contributed by atoms with Gasteiger partial charge in [-0.15, -0.1) is 0 Å². The van der Waals surface area contributed by atoms with Gasteiger partial charge in [-0.2, -0.15) is 0 Å². The molecule has 0 atom stereocenters. The van der Waals surface area contributed by atoms with Gasteiger partial charge in [-0.05, 0) is 60.8 Å². The van der Waals surface area contributed by atoms with E-state index in [-0.39, 0.29) is 0 Å². The van der Waals surface area contributed by atoms with Crippen molar-refractivity contribution in [3.8, 4) is 11.5 Å². The van der Waals surface area contributed by atoms with Crippen LogP contribution < -0.4 is 15.2 Å². The molecule has 0 aliphatic carbocycles. The molecule has 3 aromatic carbocycles. The van der Waals surface area contributed by atoms with Crippen molar-refractivity contribution in [2.45, 2.75) is 32.4 Å². The van der Waals surface area contributed by atoms with Crippen molar-refractivity contribution in [3.05, 3.63) is 89.0 Å². The molecule has 4 rings (SSSR count). The van der Waals surface area contributed by atoms with Crippen LogP contribution in [0.25, 0.3) is 0 Å². The number of nitrogens with zero attached hydrogens (tertiary/aromatic N) is 1. The molecule has 1 heterocycles. The number of hydrogen-bond donors (Lipinski definition) is 1. The molecular weight excluding hydrogens is 372 g/mol. The Morgan fingerprint density at radius 1 is 1.00 bits per heavy atom. The number of benzene rings is 3. The Morgan fingerprint density at radius 2 is 1.80 bits per heavy atom. The number of nitrogens with two attached hydrogens (primary N) is 1. The molecule has 4 heteroatoms. The summed E-state index contributed by atoms with van der Waals surface area (Å²) in [7, 11) is 1.74.